The van der Waals surface area contributed by atoms with Gasteiger partial charge in [0.15, 0.2) is 0 Å². The maximum Gasteiger partial charge on any atom is 0.0774 e. The van der Waals surface area contributed by atoms with E-state index in [4.69, 9.17) is 9.47 Å². The molecule has 0 amide bonds. The van der Waals surface area contributed by atoms with Crippen LogP contribution in [0, 0.1) is 5.92 Å². The summed E-state index contributed by atoms with van der Waals surface area (Å²) in [5.41, 5.74) is 0. The lowest BCUT2D eigenvalue weighted by molar-refractivity contribution is 0.00388. The van der Waals surface area contributed by atoms with E-state index >= 15 is 0 Å². The number of aliphatic hydroxyl groups is 2. The van der Waals surface area contributed by atoms with Crippen molar-refractivity contribution in [3.8, 4) is 0 Å². The van der Waals surface area contributed by atoms with Crippen LogP contribution in [0.3, 0.4) is 0 Å². The monoisotopic (exact) mass is 234 g/mol. The lowest BCUT2D eigenvalue weighted by Crippen LogP contribution is -2.20. The van der Waals surface area contributed by atoms with Gasteiger partial charge in [-0.25, -0.2) is 0 Å². The number of rotatable bonds is 10. The Morgan fingerprint density at radius 2 is 1.62 bits per heavy atom. The third-order valence-corrected chi connectivity index (χ3v) is 2.32. The van der Waals surface area contributed by atoms with Crippen molar-refractivity contribution in [3.05, 3.63) is 0 Å². The fourth-order valence-electron chi connectivity index (χ4n) is 1.49. The van der Waals surface area contributed by atoms with Crippen LogP contribution in [0.15, 0.2) is 0 Å². The average Bonchev–Trinajstić information content (AvgIpc) is 2.20. The van der Waals surface area contributed by atoms with Crippen LogP contribution in [0.1, 0.15) is 33.1 Å². The van der Waals surface area contributed by atoms with Gasteiger partial charge in [0.25, 0.3) is 0 Å². The quantitative estimate of drug-likeness (QED) is 0.558. The van der Waals surface area contributed by atoms with Gasteiger partial charge in [-0.05, 0) is 25.2 Å². The largest absolute Gasteiger partial charge is 0.393 e. The van der Waals surface area contributed by atoms with E-state index in [-0.39, 0.29) is 6.10 Å². The van der Waals surface area contributed by atoms with Crippen LogP contribution in [0.5, 0.6) is 0 Å². The summed E-state index contributed by atoms with van der Waals surface area (Å²) in [6.45, 7) is 5.52. The van der Waals surface area contributed by atoms with Gasteiger partial charge >= 0.3 is 0 Å². The molecule has 0 aromatic rings. The van der Waals surface area contributed by atoms with Crippen molar-refractivity contribution in [1.29, 1.82) is 0 Å². The Labute approximate surface area is 98.6 Å². The molecular weight excluding hydrogens is 208 g/mol. The zero-order chi connectivity index (χ0) is 12.4. The SMILES string of the molecule is COCCOCC(O)CCC(O)CC(C)C. The van der Waals surface area contributed by atoms with E-state index in [1.807, 2.05) is 0 Å². The summed E-state index contributed by atoms with van der Waals surface area (Å²) in [7, 11) is 1.61. The second-order valence-corrected chi connectivity index (χ2v) is 4.58. The molecule has 0 saturated heterocycles. The van der Waals surface area contributed by atoms with Gasteiger partial charge in [0.2, 0.25) is 0 Å². The van der Waals surface area contributed by atoms with E-state index in [0.29, 0.717) is 38.6 Å². The minimum atomic E-state index is -0.487. The van der Waals surface area contributed by atoms with Crippen molar-refractivity contribution < 1.29 is 19.7 Å². The van der Waals surface area contributed by atoms with Crippen LogP contribution >= 0.6 is 0 Å². The predicted molar refractivity (Wildman–Crippen MR) is 63.4 cm³/mol. The maximum atomic E-state index is 9.61. The minimum Gasteiger partial charge on any atom is -0.393 e. The van der Waals surface area contributed by atoms with Crippen molar-refractivity contribution in [3.63, 3.8) is 0 Å². The van der Waals surface area contributed by atoms with Crippen molar-refractivity contribution >= 4 is 0 Å². The van der Waals surface area contributed by atoms with Gasteiger partial charge in [0.05, 0.1) is 32.0 Å². The molecule has 0 aromatic carbocycles. The van der Waals surface area contributed by atoms with Crippen LogP contribution in [0.25, 0.3) is 0 Å². The smallest absolute Gasteiger partial charge is 0.0774 e. The highest BCUT2D eigenvalue weighted by Gasteiger charge is 2.10. The van der Waals surface area contributed by atoms with Gasteiger partial charge in [0.1, 0.15) is 0 Å². The number of aliphatic hydroxyl groups excluding tert-OH is 2. The van der Waals surface area contributed by atoms with Crippen LogP contribution in [0.4, 0.5) is 0 Å². The first-order chi connectivity index (χ1) is 7.56. The molecule has 0 bridgehead atoms. The molecule has 0 rings (SSSR count). The summed E-state index contributed by atoms with van der Waals surface area (Å²) in [5.74, 6) is 0.491. The zero-order valence-corrected chi connectivity index (χ0v) is 10.7. The molecule has 0 saturated carbocycles. The van der Waals surface area contributed by atoms with Crippen molar-refractivity contribution in [1.82, 2.24) is 0 Å². The Kier molecular flexibility index (Phi) is 9.92. The second-order valence-electron chi connectivity index (χ2n) is 4.58. The lowest BCUT2D eigenvalue weighted by Gasteiger charge is -2.15. The third-order valence-electron chi connectivity index (χ3n) is 2.32. The molecule has 0 aliphatic rings. The van der Waals surface area contributed by atoms with Gasteiger partial charge in [-0.2, -0.15) is 0 Å². The van der Waals surface area contributed by atoms with Crippen LogP contribution in [-0.4, -0.2) is 49.4 Å². The fraction of sp³-hybridized carbons (Fsp3) is 1.00. The molecule has 0 fully saturated rings. The van der Waals surface area contributed by atoms with E-state index in [9.17, 15) is 10.2 Å². The Bertz CT molecular complexity index is 150. The Hall–Kier alpha value is -0.160. The van der Waals surface area contributed by atoms with Gasteiger partial charge in [-0.15, -0.1) is 0 Å². The normalized spacial score (nSPS) is 15.4. The van der Waals surface area contributed by atoms with Gasteiger partial charge < -0.3 is 19.7 Å². The lowest BCUT2D eigenvalue weighted by atomic mass is 10.0. The molecule has 0 aliphatic carbocycles. The summed E-state index contributed by atoms with van der Waals surface area (Å²) >= 11 is 0. The van der Waals surface area contributed by atoms with Gasteiger partial charge in [-0.3, -0.25) is 0 Å². The average molecular weight is 234 g/mol. The highest BCUT2D eigenvalue weighted by molar-refractivity contribution is 4.62. The summed E-state index contributed by atoms with van der Waals surface area (Å²) in [6.07, 6.45) is 1.21. The Morgan fingerprint density at radius 3 is 2.19 bits per heavy atom. The Balaban J connectivity index is 3.38. The molecule has 2 atom stereocenters. The van der Waals surface area contributed by atoms with Crippen molar-refractivity contribution in [2.45, 2.75) is 45.3 Å². The maximum absolute atomic E-state index is 9.61. The van der Waals surface area contributed by atoms with E-state index < -0.39 is 6.10 Å². The summed E-state index contributed by atoms with van der Waals surface area (Å²) in [6, 6.07) is 0. The molecule has 0 radical (unpaired) electrons. The van der Waals surface area contributed by atoms with Crippen LogP contribution in [0.2, 0.25) is 0 Å². The van der Waals surface area contributed by atoms with E-state index in [1.165, 1.54) is 0 Å². The Morgan fingerprint density at radius 1 is 1.00 bits per heavy atom. The second kappa shape index (κ2) is 10.0. The first kappa shape index (κ1) is 15.8. The summed E-state index contributed by atoms with van der Waals surface area (Å²) < 4.78 is 10.0. The number of hydrogen-bond acceptors (Lipinski definition) is 4. The minimum absolute atomic E-state index is 0.311. The van der Waals surface area contributed by atoms with Crippen molar-refractivity contribution in [2.75, 3.05) is 26.9 Å². The van der Waals surface area contributed by atoms with E-state index in [2.05, 4.69) is 13.8 Å². The van der Waals surface area contributed by atoms with Gasteiger partial charge in [-0.1, -0.05) is 13.8 Å². The zero-order valence-electron chi connectivity index (χ0n) is 10.7. The molecular formula is C12H26O4. The predicted octanol–water partition coefficient (Wildman–Crippen LogP) is 1.20. The topological polar surface area (TPSA) is 58.9 Å². The number of methoxy groups -OCH3 is 1. The van der Waals surface area contributed by atoms with Crippen LogP contribution < -0.4 is 0 Å². The highest BCUT2D eigenvalue weighted by atomic mass is 16.5. The van der Waals surface area contributed by atoms with Crippen LogP contribution in [-0.2, 0) is 9.47 Å². The van der Waals surface area contributed by atoms with Crippen molar-refractivity contribution in [2.24, 2.45) is 5.92 Å². The molecule has 0 aliphatic heterocycles. The molecule has 0 aromatic heterocycles. The highest BCUT2D eigenvalue weighted by Crippen LogP contribution is 2.11. The van der Waals surface area contributed by atoms with E-state index in [1.54, 1.807) is 7.11 Å². The number of hydrogen-bond donors (Lipinski definition) is 2. The summed E-state index contributed by atoms with van der Waals surface area (Å²) in [5, 5.41) is 19.2. The standard InChI is InChI=1S/C12H26O4/c1-10(2)8-11(13)4-5-12(14)9-16-7-6-15-3/h10-14H,4-9H2,1-3H3. The molecule has 2 unspecified atom stereocenters. The molecule has 2 N–H and O–H groups in total. The molecule has 4 heteroatoms. The third kappa shape index (κ3) is 10.4. The summed E-state index contributed by atoms with van der Waals surface area (Å²) in [4.78, 5) is 0. The first-order valence-electron chi connectivity index (χ1n) is 5.99. The number of ether oxygens (including phenoxy) is 2. The molecule has 98 valence electrons. The first-order valence-corrected chi connectivity index (χ1v) is 5.99. The fourth-order valence-corrected chi connectivity index (χ4v) is 1.49. The molecule has 0 spiro atoms. The molecule has 16 heavy (non-hydrogen) atoms. The molecule has 0 heterocycles. The van der Waals surface area contributed by atoms with E-state index in [0.717, 1.165) is 6.42 Å². The molecule has 4 nitrogen and oxygen atoms in total. The van der Waals surface area contributed by atoms with Gasteiger partial charge in [0, 0.05) is 7.11 Å².